The minimum Gasteiger partial charge on any atom is -0.481 e. The molecule has 0 aliphatic carbocycles. The van der Waals surface area contributed by atoms with E-state index in [2.05, 4.69) is 11.2 Å². The van der Waals surface area contributed by atoms with Crippen molar-refractivity contribution in [2.45, 2.75) is 38.8 Å². The lowest BCUT2D eigenvalue weighted by Gasteiger charge is -2.25. The first kappa shape index (κ1) is 15.6. The average molecular weight is 261 g/mol. The Morgan fingerprint density at radius 1 is 1.32 bits per heavy atom. The SMILES string of the molecule is C#CCOc1ccccc1CNCC(O)(CC)CC. The molecule has 0 spiro atoms. The van der Waals surface area contributed by atoms with Crippen molar-refractivity contribution in [3.63, 3.8) is 0 Å². The van der Waals surface area contributed by atoms with Crippen LogP contribution in [0.4, 0.5) is 0 Å². The van der Waals surface area contributed by atoms with Gasteiger partial charge in [0.25, 0.3) is 0 Å². The van der Waals surface area contributed by atoms with Crippen LogP contribution in [0.25, 0.3) is 0 Å². The van der Waals surface area contributed by atoms with Crippen LogP contribution >= 0.6 is 0 Å². The van der Waals surface area contributed by atoms with Gasteiger partial charge in [-0.25, -0.2) is 0 Å². The van der Waals surface area contributed by atoms with Gasteiger partial charge in [0, 0.05) is 18.7 Å². The normalized spacial score (nSPS) is 11.1. The summed E-state index contributed by atoms with van der Waals surface area (Å²) in [5, 5.41) is 13.5. The highest BCUT2D eigenvalue weighted by Gasteiger charge is 2.21. The quantitative estimate of drug-likeness (QED) is 0.706. The maximum Gasteiger partial charge on any atom is 0.148 e. The van der Waals surface area contributed by atoms with Crippen molar-refractivity contribution in [1.29, 1.82) is 0 Å². The van der Waals surface area contributed by atoms with E-state index in [1.165, 1.54) is 0 Å². The first-order valence-electron chi connectivity index (χ1n) is 6.72. The van der Waals surface area contributed by atoms with E-state index in [0.717, 1.165) is 24.2 Å². The van der Waals surface area contributed by atoms with Gasteiger partial charge in [0.05, 0.1) is 5.60 Å². The lowest BCUT2D eigenvalue weighted by molar-refractivity contribution is 0.0322. The molecule has 1 aromatic carbocycles. The number of ether oxygens (including phenoxy) is 1. The lowest BCUT2D eigenvalue weighted by Crippen LogP contribution is -2.39. The molecule has 0 aromatic heterocycles. The predicted octanol–water partition coefficient (Wildman–Crippen LogP) is 2.34. The Balaban J connectivity index is 2.56. The van der Waals surface area contributed by atoms with Crippen molar-refractivity contribution in [3.05, 3.63) is 29.8 Å². The molecule has 0 bridgehead atoms. The Kier molecular flexibility index (Phi) is 6.41. The largest absolute Gasteiger partial charge is 0.481 e. The van der Waals surface area contributed by atoms with E-state index in [1.807, 2.05) is 38.1 Å². The molecule has 1 aromatic rings. The van der Waals surface area contributed by atoms with Crippen LogP contribution in [0, 0.1) is 12.3 Å². The molecule has 19 heavy (non-hydrogen) atoms. The smallest absolute Gasteiger partial charge is 0.148 e. The fourth-order valence-corrected chi connectivity index (χ4v) is 1.84. The highest BCUT2D eigenvalue weighted by atomic mass is 16.5. The molecule has 0 amide bonds. The van der Waals surface area contributed by atoms with Gasteiger partial charge in [0.1, 0.15) is 12.4 Å². The van der Waals surface area contributed by atoms with Gasteiger partial charge in [-0.2, -0.15) is 0 Å². The summed E-state index contributed by atoms with van der Waals surface area (Å²) in [6.45, 7) is 5.49. The van der Waals surface area contributed by atoms with Crippen molar-refractivity contribution < 1.29 is 9.84 Å². The Morgan fingerprint density at radius 3 is 2.63 bits per heavy atom. The Hall–Kier alpha value is -1.50. The van der Waals surface area contributed by atoms with Crippen molar-refractivity contribution in [2.75, 3.05) is 13.2 Å². The number of hydrogen-bond donors (Lipinski definition) is 2. The summed E-state index contributed by atoms with van der Waals surface area (Å²) in [6, 6.07) is 7.78. The molecule has 104 valence electrons. The molecule has 0 heterocycles. The van der Waals surface area contributed by atoms with Crippen LogP contribution in [-0.2, 0) is 6.54 Å². The van der Waals surface area contributed by atoms with Gasteiger partial charge in [-0.05, 0) is 18.9 Å². The van der Waals surface area contributed by atoms with Crippen molar-refractivity contribution >= 4 is 0 Å². The van der Waals surface area contributed by atoms with Crippen LogP contribution in [0.1, 0.15) is 32.3 Å². The van der Waals surface area contributed by atoms with Gasteiger partial charge < -0.3 is 15.2 Å². The number of benzene rings is 1. The van der Waals surface area contributed by atoms with Crippen molar-refractivity contribution in [1.82, 2.24) is 5.32 Å². The number of terminal acetylenes is 1. The molecule has 0 fully saturated rings. The van der Waals surface area contributed by atoms with Gasteiger partial charge >= 0.3 is 0 Å². The van der Waals surface area contributed by atoms with E-state index >= 15 is 0 Å². The number of nitrogens with one attached hydrogen (secondary N) is 1. The van der Waals surface area contributed by atoms with E-state index in [9.17, 15) is 5.11 Å². The molecule has 0 aliphatic heterocycles. The molecule has 0 unspecified atom stereocenters. The van der Waals surface area contributed by atoms with Crippen LogP contribution in [0.15, 0.2) is 24.3 Å². The Labute approximate surface area is 116 Å². The first-order chi connectivity index (χ1) is 9.15. The Morgan fingerprint density at radius 2 is 2.00 bits per heavy atom. The molecular formula is C16H23NO2. The maximum absolute atomic E-state index is 10.2. The number of aliphatic hydroxyl groups is 1. The van der Waals surface area contributed by atoms with Gasteiger partial charge in [-0.1, -0.05) is 38.0 Å². The monoisotopic (exact) mass is 261 g/mol. The summed E-state index contributed by atoms with van der Waals surface area (Å²) in [7, 11) is 0. The summed E-state index contributed by atoms with van der Waals surface area (Å²) in [4.78, 5) is 0. The fraction of sp³-hybridized carbons (Fsp3) is 0.500. The molecule has 3 nitrogen and oxygen atoms in total. The van der Waals surface area contributed by atoms with Gasteiger partial charge in [0.2, 0.25) is 0 Å². The topological polar surface area (TPSA) is 41.5 Å². The van der Waals surface area contributed by atoms with E-state index in [1.54, 1.807) is 0 Å². The highest BCUT2D eigenvalue weighted by Crippen LogP contribution is 2.18. The third-order valence-electron chi connectivity index (χ3n) is 3.37. The molecule has 0 radical (unpaired) electrons. The lowest BCUT2D eigenvalue weighted by atomic mass is 9.97. The molecule has 2 N–H and O–H groups in total. The molecule has 0 atom stereocenters. The van der Waals surface area contributed by atoms with Crippen molar-refractivity contribution in [3.8, 4) is 18.1 Å². The number of rotatable bonds is 8. The second-order valence-corrected chi connectivity index (χ2v) is 4.64. The number of hydrogen-bond acceptors (Lipinski definition) is 3. The zero-order valence-electron chi connectivity index (χ0n) is 11.8. The molecule has 0 saturated carbocycles. The summed E-state index contributed by atoms with van der Waals surface area (Å²) in [5.74, 6) is 3.26. The van der Waals surface area contributed by atoms with Crippen LogP contribution in [0.3, 0.4) is 0 Å². The standard InChI is InChI=1S/C16H23NO2/c1-4-11-19-15-10-8-7-9-14(15)12-17-13-16(18,5-2)6-3/h1,7-10,17-18H,5-6,11-13H2,2-3H3. The zero-order valence-corrected chi connectivity index (χ0v) is 11.8. The predicted molar refractivity (Wildman–Crippen MR) is 78.0 cm³/mol. The number of para-hydroxylation sites is 1. The van der Waals surface area contributed by atoms with E-state index < -0.39 is 5.60 Å². The molecule has 1 rings (SSSR count). The highest BCUT2D eigenvalue weighted by molar-refractivity contribution is 5.33. The minimum atomic E-state index is -0.630. The van der Waals surface area contributed by atoms with Gasteiger partial charge in [0.15, 0.2) is 0 Å². The van der Waals surface area contributed by atoms with Crippen LogP contribution in [-0.4, -0.2) is 23.9 Å². The molecular weight excluding hydrogens is 238 g/mol. The molecule has 0 saturated heterocycles. The molecule has 3 heteroatoms. The summed E-state index contributed by atoms with van der Waals surface area (Å²) in [6.07, 6.45) is 6.68. The van der Waals surface area contributed by atoms with E-state index in [-0.39, 0.29) is 6.61 Å². The van der Waals surface area contributed by atoms with E-state index in [4.69, 9.17) is 11.2 Å². The third kappa shape index (κ3) is 4.94. The average Bonchev–Trinajstić information content (AvgIpc) is 2.46. The minimum absolute atomic E-state index is 0.269. The van der Waals surface area contributed by atoms with E-state index in [0.29, 0.717) is 13.1 Å². The van der Waals surface area contributed by atoms with Crippen LogP contribution in [0.2, 0.25) is 0 Å². The maximum atomic E-state index is 10.2. The van der Waals surface area contributed by atoms with Crippen LogP contribution < -0.4 is 10.1 Å². The summed E-state index contributed by atoms with van der Waals surface area (Å²) < 4.78 is 5.48. The van der Waals surface area contributed by atoms with Gasteiger partial charge in [-0.15, -0.1) is 6.42 Å². The van der Waals surface area contributed by atoms with Gasteiger partial charge in [-0.3, -0.25) is 0 Å². The zero-order chi connectivity index (χ0) is 14.1. The van der Waals surface area contributed by atoms with Crippen LogP contribution in [0.5, 0.6) is 5.75 Å². The molecule has 0 aliphatic rings. The Bertz CT molecular complexity index is 419. The fourth-order valence-electron chi connectivity index (χ4n) is 1.84. The first-order valence-corrected chi connectivity index (χ1v) is 6.72. The summed E-state index contributed by atoms with van der Waals surface area (Å²) >= 11 is 0. The summed E-state index contributed by atoms with van der Waals surface area (Å²) in [5.41, 5.74) is 0.418. The third-order valence-corrected chi connectivity index (χ3v) is 3.37. The second kappa shape index (κ2) is 7.83. The second-order valence-electron chi connectivity index (χ2n) is 4.64. The van der Waals surface area contributed by atoms with Crippen molar-refractivity contribution in [2.24, 2.45) is 0 Å².